The first-order valence-corrected chi connectivity index (χ1v) is 6.18. The van der Waals surface area contributed by atoms with Crippen molar-refractivity contribution in [2.45, 2.75) is 20.3 Å². The third-order valence-corrected chi connectivity index (χ3v) is 2.76. The lowest BCUT2D eigenvalue weighted by Gasteiger charge is -2.05. The van der Waals surface area contributed by atoms with Crippen LogP contribution < -0.4 is 0 Å². The van der Waals surface area contributed by atoms with Crippen molar-refractivity contribution in [1.82, 2.24) is 4.98 Å². The highest BCUT2D eigenvalue weighted by Gasteiger charge is 2.04. The molecule has 92 valence electrons. The van der Waals surface area contributed by atoms with E-state index in [1.54, 1.807) is 6.07 Å². The molecule has 2 aromatic rings. The Morgan fingerprint density at radius 2 is 2.11 bits per heavy atom. The van der Waals surface area contributed by atoms with Crippen molar-refractivity contribution < 1.29 is 5.11 Å². The number of hydrogen-bond donors (Lipinski definition) is 1. The van der Waals surface area contributed by atoms with E-state index in [1.807, 2.05) is 43.3 Å². The summed E-state index contributed by atoms with van der Waals surface area (Å²) < 4.78 is 0. The van der Waals surface area contributed by atoms with E-state index < -0.39 is 0 Å². The Kier molecular flexibility index (Phi) is 3.78. The van der Waals surface area contributed by atoms with Crippen LogP contribution in [-0.2, 0) is 0 Å². The molecule has 0 radical (unpaired) electrons. The van der Waals surface area contributed by atoms with E-state index in [1.165, 1.54) is 0 Å². The number of phenolic OH excluding ortho intramolecular Hbond substituents is 1. The smallest absolute Gasteiger partial charge is 0.141 e. The summed E-state index contributed by atoms with van der Waals surface area (Å²) >= 11 is 0. The molecule has 1 aromatic carbocycles. The minimum atomic E-state index is 0.227. The largest absolute Gasteiger partial charge is 0.506 e. The molecule has 2 rings (SSSR count). The van der Waals surface area contributed by atoms with Gasteiger partial charge in [0.05, 0.1) is 5.69 Å². The molecule has 2 heteroatoms. The predicted octanol–water partition coefficient (Wildman–Crippen LogP) is 4.31. The van der Waals surface area contributed by atoms with Crippen LogP contribution in [0.3, 0.4) is 0 Å². The number of phenols is 1. The average Bonchev–Trinajstić information content (AvgIpc) is 2.39. The van der Waals surface area contributed by atoms with Crippen LogP contribution in [0.15, 0.2) is 48.6 Å². The van der Waals surface area contributed by atoms with Gasteiger partial charge in [-0.3, -0.25) is 0 Å². The summed E-state index contributed by atoms with van der Waals surface area (Å²) in [5, 5.41) is 10.8. The van der Waals surface area contributed by atoms with Gasteiger partial charge in [0.1, 0.15) is 11.3 Å². The number of aromatic nitrogens is 1. The molecular formula is C16H17NO. The Balaban J connectivity index is 2.58. The molecule has 0 bridgehead atoms. The molecule has 0 saturated heterocycles. The lowest BCUT2D eigenvalue weighted by Crippen LogP contribution is -1.89. The van der Waals surface area contributed by atoms with E-state index in [0.717, 1.165) is 23.1 Å². The number of hydrogen-bond acceptors (Lipinski definition) is 2. The van der Waals surface area contributed by atoms with Crippen LogP contribution in [-0.4, -0.2) is 10.1 Å². The molecule has 0 unspecified atom stereocenters. The third kappa shape index (κ3) is 2.43. The molecular weight excluding hydrogens is 222 g/mol. The normalized spacial score (nSPS) is 12.4. The van der Waals surface area contributed by atoms with E-state index in [0.29, 0.717) is 5.52 Å². The fraction of sp³-hybridized carbons (Fsp3) is 0.188. The fourth-order valence-corrected chi connectivity index (χ4v) is 1.95. The van der Waals surface area contributed by atoms with Crippen LogP contribution in [0.2, 0.25) is 0 Å². The highest BCUT2D eigenvalue weighted by molar-refractivity contribution is 5.86. The Morgan fingerprint density at radius 3 is 2.83 bits per heavy atom. The van der Waals surface area contributed by atoms with Gasteiger partial charge in [0.25, 0.3) is 0 Å². The first kappa shape index (κ1) is 12.4. The topological polar surface area (TPSA) is 33.1 Å². The maximum atomic E-state index is 9.84. The quantitative estimate of drug-likeness (QED) is 0.809. The standard InChI is InChI=1S/C16H17NO/c1-3-6-12(7-4-2)14-11-10-13-8-5-9-15(18)16(13)17-14/h3,5-11,18H,4H2,1-2H3/b6-3-,12-7+. The summed E-state index contributed by atoms with van der Waals surface area (Å²) in [6, 6.07) is 9.42. The van der Waals surface area contributed by atoms with Crippen molar-refractivity contribution in [2.75, 3.05) is 0 Å². The molecule has 0 aliphatic rings. The minimum absolute atomic E-state index is 0.227. The highest BCUT2D eigenvalue weighted by Crippen LogP contribution is 2.25. The maximum Gasteiger partial charge on any atom is 0.141 e. The summed E-state index contributed by atoms with van der Waals surface area (Å²) in [4.78, 5) is 4.54. The minimum Gasteiger partial charge on any atom is -0.506 e. The van der Waals surface area contributed by atoms with Crippen LogP contribution in [0.1, 0.15) is 26.0 Å². The van der Waals surface area contributed by atoms with Gasteiger partial charge in [0, 0.05) is 5.39 Å². The maximum absolute atomic E-state index is 9.84. The van der Waals surface area contributed by atoms with Gasteiger partial charge in [-0.15, -0.1) is 0 Å². The predicted molar refractivity (Wildman–Crippen MR) is 76.5 cm³/mol. The molecule has 1 aromatic heterocycles. The number of benzene rings is 1. The fourth-order valence-electron chi connectivity index (χ4n) is 1.95. The first-order valence-electron chi connectivity index (χ1n) is 6.18. The van der Waals surface area contributed by atoms with E-state index in [9.17, 15) is 5.11 Å². The number of rotatable bonds is 3. The monoisotopic (exact) mass is 239 g/mol. The SMILES string of the molecule is C/C=C\C(=C/CC)c1ccc2cccc(O)c2n1. The van der Waals surface area contributed by atoms with Crippen LogP contribution in [0.25, 0.3) is 16.5 Å². The first-order chi connectivity index (χ1) is 8.76. The second kappa shape index (κ2) is 5.50. The summed E-state index contributed by atoms with van der Waals surface area (Å²) in [6.45, 7) is 4.09. The molecule has 1 heterocycles. The second-order valence-corrected chi connectivity index (χ2v) is 4.11. The zero-order chi connectivity index (χ0) is 13.0. The molecule has 0 spiro atoms. The summed E-state index contributed by atoms with van der Waals surface area (Å²) in [6.07, 6.45) is 7.13. The van der Waals surface area contributed by atoms with Crippen molar-refractivity contribution in [1.29, 1.82) is 0 Å². The summed E-state index contributed by atoms with van der Waals surface area (Å²) in [7, 11) is 0. The van der Waals surface area contributed by atoms with Gasteiger partial charge in [-0.2, -0.15) is 0 Å². The van der Waals surface area contributed by atoms with Crippen LogP contribution >= 0.6 is 0 Å². The molecule has 0 saturated carbocycles. The molecule has 0 amide bonds. The van der Waals surface area contributed by atoms with Crippen LogP contribution in [0.4, 0.5) is 0 Å². The van der Waals surface area contributed by atoms with E-state index in [2.05, 4.69) is 18.0 Å². The van der Waals surface area contributed by atoms with Gasteiger partial charge in [-0.05, 0) is 31.1 Å². The number of aromatic hydroxyl groups is 1. The molecule has 0 fully saturated rings. The molecule has 0 aliphatic heterocycles. The lowest BCUT2D eigenvalue weighted by molar-refractivity contribution is 0.480. The van der Waals surface area contributed by atoms with Gasteiger partial charge < -0.3 is 5.11 Å². The van der Waals surface area contributed by atoms with E-state index in [4.69, 9.17) is 0 Å². The van der Waals surface area contributed by atoms with Gasteiger partial charge >= 0.3 is 0 Å². The van der Waals surface area contributed by atoms with Crippen molar-refractivity contribution in [3.8, 4) is 5.75 Å². The summed E-state index contributed by atoms with van der Waals surface area (Å²) in [5.41, 5.74) is 2.63. The van der Waals surface area contributed by atoms with Crippen molar-refractivity contribution >= 4 is 16.5 Å². The highest BCUT2D eigenvalue weighted by atomic mass is 16.3. The van der Waals surface area contributed by atoms with Crippen LogP contribution in [0, 0.1) is 0 Å². The number of nitrogens with zero attached hydrogens (tertiary/aromatic N) is 1. The molecule has 0 atom stereocenters. The third-order valence-electron chi connectivity index (χ3n) is 2.76. The van der Waals surface area contributed by atoms with Gasteiger partial charge in [0.15, 0.2) is 0 Å². The Hall–Kier alpha value is -2.09. The average molecular weight is 239 g/mol. The second-order valence-electron chi connectivity index (χ2n) is 4.11. The molecule has 18 heavy (non-hydrogen) atoms. The molecule has 0 aliphatic carbocycles. The van der Waals surface area contributed by atoms with Crippen molar-refractivity contribution in [3.05, 3.63) is 54.3 Å². The Morgan fingerprint density at radius 1 is 1.28 bits per heavy atom. The van der Waals surface area contributed by atoms with Crippen LogP contribution in [0.5, 0.6) is 5.75 Å². The zero-order valence-corrected chi connectivity index (χ0v) is 10.7. The Labute approximate surface area is 107 Å². The van der Waals surface area contributed by atoms with Crippen molar-refractivity contribution in [3.63, 3.8) is 0 Å². The molecule has 2 nitrogen and oxygen atoms in total. The molecule has 1 N–H and O–H groups in total. The van der Waals surface area contributed by atoms with Gasteiger partial charge in [-0.25, -0.2) is 4.98 Å². The van der Waals surface area contributed by atoms with Gasteiger partial charge in [-0.1, -0.05) is 43.4 Å². The van der Waals surface area contributed by atoms with Gasteiger partial charge in [0.2, 0.25) is 0 Å². The summed E-state index contributed by atoms with van der Waals surface area (Å²) in [5.74, 6) is 0.227. The van der Waals surface area contributed by atoms with E-state index >= 15 is 0 Å². The zero-order valence-electron chi connectivity index (χ0n) is 10.7. The number of fused-ring (bicyclic) bond motifs is 1. The number of pyridine rings is 1. The lowest BCUT2D eigenvalue weighted by atomic mass is 10.1. The van der Waals surface area contributed by atoms with Crippen molar-refractivity contribution in [2.24, 2.45) is 0 Å². The Bertz CT molecular complexity index is 612. The number of para-hydroxylation sites is 1. The number of allylic oxidation sites excluding steroid dienone is 4. The van der Waals surface area contributed by atoms with E-state index in [-0.39, 0.29) is 5.75 Å².